The molecule has 3 fully saturated rings. The van der Waals surface area contributed by atoms with Crippen LogP contribution < -0.4 is 0 Å². The molecule has 3 aliphatic rings. The first-order valence-electron chi connectivity index (χ1n) is 8.02. The first-order valence-corrected chi connectivity index (χ1v) is 8.02. The molecular weight excluding hydrogens is 292 g/mol. The van der Waals surface area contributed by atoms with Crippen LogP contribution in [-0.4, -0.2) is 79.0 Å². The molecule has 0 amide bonds. The van der Waals surface area contributed by atoms with E-state index in [2.05, 4.69) is 0 Å². The Bertz CT molecular complexity index is 419. The van der Waals surface area contributed by atoms with E-state index in [1.807, 2.05) is 0 Å². The minimum Gasteiger partial charge on any atom is -0.396 e. The number of aliphatic hydroxyl groups is 7. The Balaban J connectivity index is 2.00. The molecule has 128 valence electrons. The maximum Gasteiger partial charge on any atom is 0.0881 e. The lowest BCUT2D eigenvalue weighted by Crippen LogP contribution is -2.67. The fourth-order valence-electron chi connectivity index (χ4n) is 5.37. The molecule has 3 saturated carbocycles. The van der Waals surface area contributed by atoms with E-state index in [4.69, 9.17) is 0 Å². The summed E-state index contributed by atoms with van der Waals surface area (Å²) in [7, 11) is 0. The normalized spacial score (nSPS) is 58.8. The van der Waals surface area contributed by atoms with E-state index in [0.717, 1.165) is 0 Å². The number of aliphatic hydroxyl groups excluding tert-OH is 7. The molecule has 0 spiro atoms. The van der Waals surface area contributed by atoms with Gasteiger partial charge < -0.3 is 35.7 Å². The Kier molecular flexibility index (Phi) is 4.27. The van der Waals surface area contributed by atoms with Gasteiger partial charge in [-0.1, -0.05) is 0 Å². The Morgan fingerprint density at radius 2 is 1.45 bits per heavy atom. The Morgan fingerprint density at radius 1 is 0.818 bits per heavy atom. The molecule has 0 heterocycles. The molecule has 0 aromatic heterocycles. The summed E-state index contributed by atoms with van der Waals surface area (Å²) in [6, 6.07) is 0. The molecule has 22 heavy (non-hydrogen) atoms. The fourth-order valence-corrected chi connectivity index (χ4v) is 5.37. The molecule has 0 aromatic carbocycles. The molecule has 0 bridgehead atoms. The van der Waals surface area contributed by atoms with Gasteiger partial charge in [0.15, 0.2) is 0 Å². The lowest BCUT2D eigenvalue weighted by atomic mass is 9.47. The monoisotopic (exact) mass is 318 g/mol. The summed E-state index contributed by atoms with van der Waals surface area (Å²) in [6.45, 7) is -0.401. The Hall–Kier alpha value is -0.280. The van der Waals surface area contributed by atoms with Gasteiger partial charge in [0.05, 0.1) is 43.2 Å². The van der Waals surface area contributed by atoms with E-state index < -0.39 is 60.5 Å². The highest BCUT2D eigenvalue weighted by Gasteiger charge is 2.63. The van der Waals surface area contributed by atoms with Gasteiger partial charge >= 0.3 is 0 Å². The summed E-state index contributed by atoms with van der Waals surface area (Å²) in [5.41, 5.74) is -1.08. The van der Waals surface area contributed by atoms with Crippen LogP contribution in [0.5, 0.6) is 0 Å². The van der Waals surface area contributed by atoms with E-state index in [-0.39, 0.29) is 18.8 Å². The van der Waals surface area contributed by atoms with Crippen LogP contribution in [0, 0.1) is 23.2 Å². The maximum atomic E-state index is 10.5. The molecule has 7 nitrogen and oxygen atoms in total. The van der Waals surface area contributed by atoms with Crippen LogP contribution in [0.4, 0.5) is 0 Å². The number of rotatable bonds is 1. The molecule has 0 aliphatic heterocycles. The number of hydrogen-bond acceptors (Lipinski definition) is 7. The van der Waals surface area contributed by atoms with Gasteiger partial charge in [-0.3, -0.25) is 0 Å². The minimum atomic E-state index is -1.18. The summed E-state index contributed by atoms with van der Waals surface area (Å²) in [5.74, 6) is -1.52. The Labute approximate surface area is 128 Å². The van der Waals surface area contributed by atoms with Crippen LogP contribution in [-0.2, 0) is 0 Å². The lowest BCUT2D eigenvalue weighted by Gasteiger charge is -2.60. The van der Waals surface area contributed by atoms with E-state index >= 15 is 0 Å². The molecule has 0 saturated heterocycles. The van der Waals surface area contributed by atoms with Crippen molar-refractivity contribution in [2.24, 2.45) is 23.2 Å². The van der Waals surface area contributed by atoms with E-state index in [0.29, 0.717) is 12.8 Å². The molecular formula is C15H26O7. The second-order valence-electron chi connectivity index (χ2n) is 7.37. The van der Waals surface area contributed by atoms with Gasteiger partial charge in [-0.05, 0) is 24.7 Å². The van der Waals surface area contributed by atoms with Crippen molar-refractivity contribution in [1.29, 1.82) is 0 Å². The van der Waals surface area contributed by atoms with Crippen molar-refractivity contribution in [1.82, 2.24) is 0 Å². The van der Waals surface area contributed by atoms with Gasteiger partial charge in [0, 0.05) is 24.2 Å². The van der Waals surface area contributed by atoms with Crippen molar-refractivity contribution >= 4 is 0 Å². The van der Waals surface area contributed by atoms with E-state index in [1.54, 1.807) is 0 Å². The molecule has 3 aliphatic carbocycles. The Morgan fingerprint density at radius 3 is 2.09 bits per heavy atom. The van der Waals surface area contributed by atoms with Gasteiger partial charge in [-0.25, -0.2) is 0 Å². The van der Waals surface area contributed by atoms with Crippen molar-refractivity contribution in [3.63, 3.8) is 0 Å². The summed E-state index contributed by atoms with van der Waals surface area (Å²) in [6.07, 6.45) is -5.47. The van der Waals surface area contributed by atoms with Crippen molar-refractivity contribution < 1.29 is 35.7 Å². The third-order valence-electron chi connectivity index (χ3n) is 6.42. The first kappa shape index (κ1) is 16.6. The topological polar surface area (TPSA) is 142 Å². The summed E-state index contributed by atoms with van der Waals surface area (Å²) in [4.78, 5) is 0. The van der Waals surface area contributed by atoms with Crippen LogP contribution in [0.1, 0.15) is 25.7 Å². The van der Waals surface area contributed by atoms with Crippen LogP contribution in [0.25, 0.3) is 0 Å². The van der Waals surface area contributed by atoms with Crippen molar-refractivity contribution in [2.75, 3.05) is 6.61 Å². The van der Waals surface area contributed by atoms with Crippen molar-refractivity contribution in [2.45, 2.75) is 62.3 Å². The fraction of sp³-hybridized carbons (Fsp3) is 1.00. The molecule has 7 N–H and O–H groups in total. The largest absolute Gasteiger partial charge is 0.396 e. The third-order valence-corrected chi connectivity index (χ3v) is 6.42. The zero-order chi connectivity index (χ0) is 16.2. The van der Waals surface area contributed by atoms with Crippen LogP contribution in [0.15, 0.2) is 0 Å². The van der Waals surface area contributed by atoms with Crippen LogP contribution in [0.3, 0.4) is 0 Å². The zero-order valence-electron chi connectivity index (χ0n) is 12.4. The van der Waals surface area contributed by atoms with Gasteiger partial charge in [-0.2, -0.15) is 0 Å². The second-order valence-corrected chi connectivity index (χ2v) is 7.37. The first-order chi connectivity index (χ1) is 10.3. The van der Waals surface area contributed by atoms with Gasteiger partial charge in [0.2, 0.25) is 0 Å². The molecule has 0 unspecified atom stereocenters. The highest BCUT2D eigenvalue weighted by Crippen LogP contribution is 2.57. The van der Waals surface area contributed by atoms with Gasteiger partial charge in [0.25, 0.3) is 0 Å². The van der Waals surface area contributed by atoms with Gasteiger partial charge in [0.1, 0.15) is 0 Å². The van der Waals surface area contributed by atoms with Crippen LogP contribution in [0.2, 0.25) is 0 Å². The van der Waals surface area contributed by atoms with Crippen LogP contribution >= 0.6 is 0 Å². The quantitative estimate of drug-likeness (QED) is 0.285. The highest BCUT2D eigenvalue weighted by atomic mass is 16.3. The predicted octanol–water partition coefficient (Wildman–Crippen LogP) is -2.42. The van der Waals surface area contributed by atoms with Crippen molar-refractivity contribution in [3.05, 3.63) is 0 Å². The van der Waals surface area contributed by atoms with Crippen molar-refractivity contribution in [3.8, 4) is 0 Å². The summed E-state index contributed by atoms with van der Waals surface area (Å²) in [5, 5.41) is 71.2. The number of hydrogen-bond donors (Lipinski definition) is 7. The van der Waals surface area contributed by atoms with E-state index in [9.17, 15) is 35.7 Å². The molecule has 0 radical (unpaired) electrons. The minimum absolute atomic E-state index is 0.00567. The average Bonchev–Trinajstić information content (AvgIpc) is 2.49. The molecule has 0 aromatic rings. The summed E-state index contributed by atoms with van der Waals surface area (Å²) >= 11 is 0. The molecule has 7 heteroatoms. The highest BCUT2D eigenvalue weighted by molar-refractivity contribution is 5.12. The average molecular weight is 318 g/mol. The smallest absolute Gasteiger partial charge is 0.0881 e. The molecule has 10 atom stereocenters. The maximum absolute atomic E-state index is 10.5. The zero-order valence-corrected chi connectivity index (χ0v) is 12.4. The third kappa shape index (κ3) is 2.15. The predicted molar refractivity (Wildman–Crippen MR) is 74.5 cm³/mol. The lowest BCUT2D eigenvalue weighted by molar-refractivity contribution is -0.253. The number of fused-ring (bicyclic) bond motifs is 3. The van der Waals surface area contributed by atoms with E-state index in [1.165, 1.54) is 0 Å². The molecule has 3 rings (SSSR count). The van der Waals surface area contributed by atoms with Gasteiger partial charge in [-0.15, -0.1) is 0 Å². The standard InChI is InChI=1S/C15H26O7/c16-5-15-2-1-6-11(7(17)3-9(19)13(6)21)12(15)8(18)4-10(20)14(15)22/h6-14,16-22H,1-5H2/t6-,7-,8-,9-,10-,11+,12+,13+,14-,15+/m1/s1. The second kappa shape index (κ2) is 5.66. The summed E-state index contributed by atoms with van der Waals surface area (Å²) < 4.78 is 0. The SMILES string of the molecule is OC[C@@]12CC[C@H]3[C@H](O)[C@H](O)C[C@@H](O)[C@H]3[C@@H]1[C@H](O)C[C@@H](O)[C@H]2O.